The van der Waals surface area contributed by atoms with E-state index in [2.05, 4.69) is 15.3 Å². The van der Waals surface area contributed by atoms with Crippen LogP contribution in [-0.2, 0) is 0 Å². The van der Waals surface area contributed by atoms with E-state index < -0.39 is 5.97 Å². The molecule has 0 bridgehead atoms. The van der Waals surface area contributed by atoms with Crippen molar-refractivity contribution in [1.29, 1.82) is 0 Å². The molecule has 3 N–H and O–H groups in total. The van der Waals surface area contributed by atoms with Gasteiger partial charge < -0.3 is 15.5 Å². The van der Waals surface area contributed by atoms with Gasteiger partial charge in [0.1, 0.15) is 5.75 Å². The summed E-state index contributed by atoms with van der Waals surface area (Å²) >= 11 is 0. The smallest absolute Gasteiger partial charge is 0.335 e. The van der Waals surface area contributed by atoms with E-state index in [-0.39, 0.29) is 22.9 Å². The van der Waals surface area contributed by atoms with Gasteiger partial charge in [-0.15, -0.1) is 0 Å². The average Bonchev–Trinajstić information content (AvgIpc) is 2.33. The second-order valence-corrected chi connectivity index (χ2v) is 3.23. The maximum Gasteiger partial charge on any atom is 0.335 e. The van der Waals surface area contributed by atoms with Crippen LogP contribution in [-0.4, -0.2) is 26.2 Å². The maximum atomic E-state index is 10.8. The van der Waals surface area contributed by atoms with Gasteiger partial charge in [-0.05, 0) is 24.3 Å². The summed E-state index contributed by atoms with van der Waals surface area (Å²) in [5, 5.41) is 21.1. The fourth-order valence-electron chi connectivity index (χ4n) is 1.25. The fourth-order valence-corrected chi connectivity index (χ4v) is 1.25. The number of aromatic hydroxyl groups is 1. The van der Waals surface area contributed by atoms with Crippen molar-refractivity contribution < 1.29 is 15.0 Å². The molecule has 2 rings (SSSR count). The lowest BCUT2D eigenvalue weighted by atomic mass is 10.2. The molecule has 86 valence electrons. The van der Waals surface area contributed by atoms with Gasteiger partial charge in [0.2, 0.25) is 5.95 Å². The molecule has 0 radical (unpaired) electrons. The molecule has 0 saturated carbocycles. The summed E-state index contributed by atoms with van der Waals surface area (Å²) in [4.78, 5) is 18.6. The number of phenolic OH excluding ortho intramolecular Hbond substituents is 1. The van der Waals surface area contributed by atoms with Gasteiger partial charge in [0.25, 0.3) is 0 Å². The van der Waals surface area contributed by atoms with E-state index in [1.165, 1.54) is 30.6 Å². The highest BCUT2D eigenvalue weighted by Crippen LogP contribution is 2.26. The van der Waals surface area contributed by atoms with Crippen molar-refractivity contribution in [1.82, 2.24) is 9.97 Å². The van der Waals surface area contributed by atoms with E-state index in [1.807, 2.05) is 0 Å². The maximum absolute atomic E-state index is 10.8. The van der Waals surface area contributed by atoms with Gasteiger partial charge in [-0.3, -0.25) is 0 Å². The Hall–Kier alpha value is -2.63. The molecule has 0 spiro atoms. The molecule has 6 heteroatoms. The number of carboxylic acid groups (broad SMARTS) is 1. The molecular formula is C11H9N3O3. The van der Waals surface area contributed by atoms with Crippen LogP contribution in [0.25, 0.3) is 0 Å². The van der Waals surface area contributed by atoms with Crippen molar-refractivity contribution in [2.45, 2.75) is 0 Å². The molecule has 0 atom stereocenters. The molecule has 1 aromatic heterocycles. The number of benzene rings is 1. The van der Waals surface area contributed by atoms with Gasteiger partial charge in [-0.25, -0.2) is 14.8 Å². The van der Waals surface area contributed by atoms with Crippen LogP contribution in [0.5, 0.6) is 5.75 Å². The zero-order valence-electron chi connectivity index (χ0n) is 8.66. The molecule has 0 aliphatic heterocycles. The van der Waals surface area contributed by atoms with Crippen molar-refractivity contribution in [3.05, 3.63) is 42.2 Å². The Morgan fingerprint density at radius 1 is 1.24 bits per heavy atom. The van der Waals surface area contributed by atoms with Gasteiger partial charge in [-0.1, -0.05) is 0 Å². The highest BCUT2D eigenvalue weighted by molar-refractivity contribution is 5.89. The van der Waals surface area contributed by atoms with Gasteiger partial charge in [0.15, 0.2) is 0 Å². The summed E-state index contributed by atoms with van der Waals surface area (Å²) in [5.41, 5.74) is 0.317. The second-order valence-electron chi connectivity index (χ2n) is 3.23. The summed E-state index contributed by atoms with van der Waals surface area (Å²) in [7, 11) is 0. The van der Waals surface area contributed by atoms with Crippen molar-refractivity contribution in [3.8, 4) is 5.75 Å². The monoisotopic (exact) mass is 231 g/mol. The number of anilines is 2. The highest BCUT2D eigenvalue weighted by atomic mass is 16.4. The van der Waals surface area contributed by atoms with E-state index in [0.29, 0.717) is 0 Å². The third-order valence-electron chi connectivity index (χ3n) is 2.06. The lowest BCUT2D eigenvalue weighted by Crippen LogP contribution is -2.00. The molecule has 6 nitrogen and oxygen atoms in total. The Morgan fingerprint density at radius 2 is 1.94 bits per heavy atom. The molecule has 0 amide bonds. The molecule has 0 aliphatic rings. The summed E-state index contributed by atoms with van der Waals surface area (Å²) in [6.45, 7) is 0. The molecule has 2 aromatic rings. The number of hydrogen-bond donors (Lipinski definition) is 3. The normalized spacial score (nSPS) is 9.88. The highest BCUT2D eigenvalue weighted by Gasteiger charge is 2.08. The number of aromatic carboxylic acids is 1. The molecule has 0 aliphatic carbocycles. The van der Waals surface area contributed by atoms with Crippen LogP contribution in [0.3, 0.4) is 0 Å². The SMILES string of the molecule is O=C(O)c1ccc(O)c(Nc2ncccn2)c1. The number of nitrogens with zero attached hydrogens (tertiary/aromatic N) is 2. The van der Waals surface area contributed by atoms with Crippen LogP contribution in [0.4, 0.5) is 11.6 Å². The Kier molecular flexibility index (Phi) is 2.87. The number of carboxylic acids is 1. The third-order valence-corrected chi connectivity index (χ3v) is 2.06. The van der Waals surface area contributed by atoms with Crippen molar-refractivity contribution >= 4 is 17.6 Å². The van der Waals surface area contributed by atoms with E-state index in [4.69, 9.17) is 5.11 Å². The van der Waals surface area contributed by atoms with Crippen LogP contribution < -0.4 is 5.32 Å². The quantitative estimate of drug-likeness (QED) is 0.695. The first-order valence-electron chi connectivity index (χ1n) is 4.77. The van der Waals surface area contributed by atoms with Crippen LogP contribution in [0.15, 0.2) is 36.7 Å². The summed E-state index contributed by atoms with van der Waals surface area (Å²) < 4.78 is 0. The Bertz CT molecular complexity index is 543. The number of phenols is 1. The van der Waals surface area contributed by atoms with E-state index in [1.54, 1.807) is 6.07 Å². The summed E-state index contributed by atoms with van der Waals surface area (Å²) in [5.74, 6) is -0.852. The lowest BCUT2D eigenvalue weighted by Gasteiger charge is -2.07. The molecule has 1 heterocycles. The summed E-state index contributed by atoms with van der Waals surface area (Å²) in [6, 6.07) is 5.58. The minimum absolute atomic E-state index is 0.0672. The van der Waals surface area contributed by atoms with Crippen molar-refractivity contribution in [2.24, 2.45) is 0 Å². The third kappa shape index (κ3) is 2.49. The minimum Gasteiger partial charge on any atom is -0.506 e. The molecule has 0 unspecified atom stereocenters. The molecule has 17 heavy (non-hydrogen) atoms. The van der Waals surface area contributed by atoms with Crippen molar-refractivity contribution in [2.75, 3.05) is 5.32 Å². The minimum atomic E-state index is -1.07. The Morgan fingerprint density at radius 3 is 2.59 bits per heavy atom. The average molecular weight is 231 g/mol. The predicted octanol–water partition coefficient (Wildman–Crippen LogP) is 1.62. The zero-order valence-corrected chi connectivity index (χ0v) is 8.66. The molecular weight excluding hydrogens is 222 g/mol. The molecule has 0 saturated heterocycles. The van der Waals surface area contributed by atoms with Crippen LogP contribution in [0.1, 0.15) is 10.4 Å². The lowest BCUT2D eigenvalue weighted by molar-refractivity contribution is 0.0697. The van der Waals surface area contributed by atoms with E-state index >= 15 is 0 Å². The Balaban J connectivity index is 2.32. The Labute approximate surface area is 96.6 Å². The zero-order chi connectivity index (χ0) is 12.3. The number of aromatic nitrogens is 2. The van der Waals surface area contributed by atoms with Crippen LogP contribution in [0, 0.1) is 0 Å². The van der Waals surface area contributed by atoms with E-state index in [0.717, 1.165) is 0 Å². The van der Waals surface area contributed by atoms with E-state index in [9.17, 15) is 9.90 Å². The van der Waals surface area contributed by atoms with Crippen LogP contribution >= 0.6 is 0 Å². The standard InChI is InChI=1S/C11H9N3O3/c15-9-3-2-7(10(16)17)6-8(9)14-11-12-4-1-5-13-11/h1-6,15H,(H,16,17)(H,12,13,14). The molecule has 1 aromatic carbocycles. The number of nitrogens with one attached hydrogen (secondary N) is 1. The first kappa shape index (κ1) is 10.9. The number of carbonyl (C=O) groups is 1. The fraction of sp³-hybridized carbons (Fsp3) is 0. The topological polar surface area (TPSA) is 95.3 Å². The first-order chi connectivity index (χ1) is 8.16. The second kappa shape index (κ2) is 4.48. The largest absolute Gasteiger partial charge is 0.506 e. The van der Waals surface area contributed by atoms with Gasteiger partial charge >= 0.3 is 5.97 Å². The van der Waals surface area contributed by atoms with Crippen molar-refractivity contribution in [3.63, 3.8) is 0 Å². The summed E-state index contributed by atoms with van der Waals surface area (Å²) in [6.07, 6.45) is 3.07. The van der Waals surface area contributed by atoms with Crippen LogP contribution in [0.2, 0.25) is 0 Å². The number of hydrogen-bond acceptors (Lipinski definition) is 5. The van der Waals surface area contributed by atoms with Gasteiger partial charge in [0, 0.05) is 12.4 Å². The van der Waals surface area contributed by atoms with Gasteiger partial charge in [0.05, 0.1) is 11.3 Å². The molecule has 0 fully saturated rings. The predicted molar refractivity (Wildman–Crippen MR) is 60.4 cm³/mol. The van der Waals surface area contributed by atoms with Gasteiger partial charge in [-0.2, -0.15) is 0 Å². The first-order valence-corrected chi connectivity index (χ1v) is 4.77. The number of rotatable bonds is 3.